The minimum absolute atomic E-state index is 0. The lowest BCUT2D eigenvalue weighted by Gasteiger charge is -2.37. The summed E-state index contributed by atoms with van der Waals surface area (Å²) in [7, 11) is 3.44. The van der Waals surface area contributed by atoms with Crippen molar-refractivity contribution >= 4 is 53.1 Å². The predicted octanol–water partition coefficient (Wildman–Crippen LogP) is 1.77. The number of nitrogens with zero attached hydrogens (tertiary/aromatic N) is 4. The maximum Gasteiger partial charge on any atom is 0.243 e. The molecular weight excluding hydrogens is 477 g/mol. The first-order valence-electron chi connectivity index (χ1n) is 9.04. The lowest BCUT2D eigenvalue weighted by Crippen LogP contribution is -2.56. The van der Waals surface area contributed by atoms with Gasteiger partial charge in [-0.2, -0.15) is 0 Å². The first-order valence-corrected chi connectivity index (χ1v) is 9.92. The van der Waals surface area contributed by atoms with Crippen LogP contribution in [-0.2, 0) is 9.59 Å². The van der Waals surface area contributed by atoms with E-state index in [2.05, 4.69) is 23.3 Å². The standard InChI is InChI=1S/C18H27N5O2S.HI/c1-13(15-5-4-10-26-15)20-18(19-11-16(24)21(2)3)22-8-9-23(14-6-7-14)17(25)12-22;/h4-5,10,13-14H,6-9,11-12H2,1-3H3,(H,19,20);1H. The van der Waals surface area contributed by atoms with E-state index in [1.165, 1.54) is 9.78 Å². The summed E-state index contributed by atoms with van der Waals surface area (Å²) >= 11 is 1.68. The summed E-state index contributed by atoms with van der Waals surface area (Å²) in [5.74, 6) is 0.719. The van der Waals surface area contributed by atoms with Gasteiger partial charge in [0.15, 0.2) is 5.96 Å². The summed E-state index contributed by atoms with van der Waals surface area (Å²) in [4.78, 5) is 35.6. The van der Waals surface area contributed by atoms with Gasteiger partial charge >= 0.3 is 0 Å². The third kappa shape index (κ3) is 5.81. The minimum Gasteiger partial charge on any atom is -0.349 e. The predicted molar refractivity (Wildman–Crippen MR) is 119 cm³/mol. The number of carbonyl (C=O) groups excluding carboxylic acids is 2. The smallest absolute Gasteiger partial charge is 0.243 e. The van der Waals surface area contributed by atoms with Crippen molar-refractivity contribution in [1.29, 1.82) is 0 Å². The highest BCUT2D eigenvalue weighted by atomic mass is 127. The SMILES string of the molecule is CC(NC(=NCC(=O)N(C)C)N1CCN(C2CC2)C(=O)C1)c1cccs1.I. The number of halogens is 1. The van der Waals surface area contributed by atoms with Crippen molar-refractivity contribution in [3.63, 3.8) is 0 Å². The fraction of sp³-hybridized carbons (Fsp3) is 0.611. The van der Waals surface area contributed by atoms with Crippen molar-refractivity contribution in [2.45, 2.75) is 31.8 Å². The normalized spacial score (nSPS) is 18.8. The van der Waals surface area contributed by atoms with E-state index in [4.69, 9.17) is 0 Å². The van der Waals surface area contributed by atoms with E-state index < -0.39 is 0 Å². The second-order valence-electron chi connectivity index (χ2n) is 7.05. The van der Waals surface area contributed by atoms with Gasteiger partial charge in [0, 0.05) is 38.1 Å². The fourth-order valence-electron chi connectivity index (χ4n) is 2.96. The highest BCUT2D eigenvalue weighted by Gasteiger charge is 2.36. The maximum absolute atomic E-state index is 12.5. The Kier molecular flexibility index (Phi) is 7.90. The molecule has 1 unspecified atom stereocenters. The summed E-state index contributed by atoms with van der Waals surface area (Å²) in [5, 5.41) is 5.45. The van der Waals surface area contributed by atoms with Gasteiger partial charge in [-0.25, -0.2) is 4.99 Å². The molecule has 1 aromatic rings. The van der Waals surface area contributed by atoms with Gasteiger partial charge in [0.25, 0.3) is 0 Å². The van der Waals surface area contributed by atoms with E-state index in [1.807, 2.05) is 21.2 Å². The first kappa shape index (κ1) is 21.9. The van der Waals surface area contributed by atoms with Crippen LogP contribution in [0.4, 0.5) is 0 Å². The average molecular weight is 505 g/mol. The number of amides is 2. The molecule has 0 aromatic carbocycles. The summed E-state index contributed by atoms with van der Waals surface area (Å²) in [5.41, 5.74) is 0. The van der Waals surface area contributed by atoms with Gasteiger partial charge < -0.3 is 20.0 Å². The molecule has 1 N–H and O–H groups in total. The van der Waals surface area contributed by atoms with Crippen molar-refractivity contribution in [3.8, 4) is 0 Å². The van der Waals surface area contributed by atoms with Gasteiger partial charge in [-0.15, -0.1) is 35.3 Å². The first-order chi connectivity index (χ1) is 12.5. The number of aliphatic imine (C=N–C) groups is 1. The molecule has 2 heterocycles. The van der Waals surface area contributed by atoms with Crippen LogP contribution in [0.1, 0.15) is 30.7 Å². The fourth-order valence-corrected chi connectivity index (χ4v) is 3.70. The molecule has 1 aliphatic heterocycles. The highest BCUT2D eigenvalue weighted by molar-refractivity contribution is 14.0. The summed E-state index contributed by atoms with van der Waals surface area (Å²) in [6.07, 6.45) is 2.25. The summed E-state index contributed by atoms with van der Waals surface area (Å²) in [6.45, 7) is 3.91. The molecule has 2 aliphatic rings. The van der Waals surface area contributed by atoms with Gasteiger partial charge in [-0.1, -0.05) is 6.07 Å². The van der Waals surface area contributed by atoms with Crippen LogP contribution in [0.3, 0.4) is 0 Å². The van der Waals surface area contributed by atoms with Crippen LogP contribution in [0.2, 0.25) is 0 Å². The van der Waals surface area contributed by atoms with Gasteiger partial charge in [0.2, 0.25) is 11.8 Å². The number of likely N-dealkylation sites (N-methyl/N-ethyl adjacent to an activating group) is 1. The minimum atomic E-state index is -0.0592. The number of thiophene rings is 1. The Labute approximate surface area is 181 Å². The molecular formula is C18H28IN5O2S. The zero-order valence-corrected chi connectivity index (χ0v) is 19.2. The Morgan fingerprint density at radius 3 is 2.70 bits per heavy atom. The van der Waals surface area contributed by atoms with Gasteiger partial charge in [0.1, 0.15) is 6.54 Å². The van der Waals surface area contributed by atoms with E-state index in [0.717, 1.165) is 25.9 Å². The third-order valence-corrected chi connectivity index (χ3v) is 5.78. The molecule has 0 spiro atoms. The summed E-state index contributed by atoms with van der Waals surface area (Å²) in [6, 6.07) is 4.60. The lowest BCUT2D eigenvalue weighted by atomic mass is 10.2. The summed E-state index contributed by atoms with van der Waals surface area (Å²) < 4.78 is 0. The molecule has 7 nitrogen and oxygen atoms in total. The molecule has 0 radical (unpaired) electrons. The zero-order valence-electron chi connectivity index (χ0n) is 16.1. The molecule has 0 bridgehead atoms. The van der Waals surface area contributed by atoms with Crippen molar-refractivity contribution in [1.82, 2.24) is 20.0 Å². The molecule has 1 aliphatic carbocycles. The number of carbonyl (C=O) groups is 2. The molecule has 3 rings (SSSR count). The quantitative estimate of drug-likeness (QED) is 0.377. The largest absolute Gasteiger partial charge is 0.349 e. The van der Waals surface area contributed by atoms with E-state index in [1.54, 1.807) is 25.4 Å². The molecule has 9 heteroatoms. The Morgan fingerprint density at radius 1 is 1.41 bits per heavy atom. The number of rotatable bonds is 5. The van der Waals surface area contributed by atoms with Gasteiger partial charge in [0.05, 0.1) is 12.6 Å². The molecule has 150 valence electrons. The third-order valence-electron chi connectivity index (χ3n) is 4.72. The van der Waals surface area contributed by atoms with E-state index in [-0.39, 0.29) is 48.4 Å². The van der Waals surface area contributed by atoms with Crippen LogP contribution in [0.15, 0.2) is 22.5 Å². The molecule has 1 saturated heterocycles. The van der Waals surface area contributed by atoms with Gasteiger partial charge in [-0.05, 0) is 31.2 Å². The Morgan fingerprint density at radius 2 is 2.15 bits per heavy atom. The lowest BCUT2D eigenvalue weighted by molar-refractivity contribution is -0.135. The molecule has 1 saturated carbocycles. The average Bonchev–Trinajstić information content (AvgIpc) is 3.30. The van der Waals surface area contributed by atoms with E-state index >= 15 is 0 Å². The second kappa shape index (κ2) is 9.72. The zero-order chi connectivity index (χ0) is 18.7. The van der Waals surface area contributed by atoms with Crippen LogP contribution in [0, 0.1) is 0 Å². The molecule has 27 heavy (non-hydrogen) atoms. The van der Waals surface area contributed by atoms with Crippen molar-refractivity contribution in [2.24, 2.45) is 4.99 Å². The number of hydrogen-bond donors (Lipinski definition) is 1. The Bertz CT molecular complexity index is 675. The van der Waals surface area contributed by atoms with E-state index in [9.17, 15) is 9.59 Å². The second-order valence-corrected chi connectivity index (χ2v) is 8.03. The number of nitrogens with one attached hydrogen (secondary N) is 1. The Balaban J connectivity index is 0.00000261. The van der Waals surface area contributed by atoms with Crippen LogP contribution in [0.5, 0.6) is 0 Å². The van der Waals surface area contributed by atoms with Crippen LogP contribution in [0.25, 0.3) is 0 Å². The maximum atomic E-state index is 12.5. The van der Waals surface area contributed by atoms with E-state index in [0.29, 0.717) is 18.5 Å². The van der Waals surface area contributed by atoms with Crippen LogP contribution in [-0.4, -0.2) is 78.8 Å². The number of piperazine rings is 1. The van der Waals surface area contributed by atoms with Gasteiger partial charge in [-0.3, -0.25) is 9.59 Å². The van der Waals surface area contributed by atoms with Crippen molar-refractivity contribution < 1.29 is 9.59 Å². The van der Waals surface area contributed by atoms with Crippen molar-refractivity contribution in [3.05, 3.63) is 22.4 Å². The van der Waals surface area contributed by atoms with Crippen LogP contribution >= 0.6 is 35.3 Å². The van der Waals surface area contributed by atoms with Crippen LogP contribution < -0.4 is 5.32 Å². The number of guanidine groups is 1. The highest BCUT2D eigenvalue weighted by Crippen LogP contribution is 2.28. The monoisotopic (exact) mass is 505 g/mol. The molecule has 2 amide bonds. The van der Waals surface area contributed by atoms with Crippen molar-refractivity contribution in [2.75, 3.05) is 40.3 Å². The molecule has 1 atom stereocenters. The Hall–Kier alpha value is -1.36. The molecule has 1 aromatic heterocycles. The number of hydrogen-bond acceptors (Lipinski definition) is 4. The molecule has 2 fully saturated rings. The topological polar surface area (TPSA) is 68.2 Å².